The van der Waals surface area contributed by atoms with Crippen LogP contribution in [0.15, 0.2) is 23.2 Å². The van der Waals surface area contributed by atoms with E-state index in [0.717, 1.165) is 25.1 Å². The lowest BCUT2D eigenvalue weighted by Gasteiger charge is -2.14. The summed E-state index contributed by atoms with van der Waals surface area (Å²) >= 11 is 0. The van der Waals surface area contributed by atoms with Gasteiger partial charge in [0, 0.05) is 26.3 Å². The molecule has 1 aromatic rings. The average molecular weight is 547 g/mol. The molecule has 1 aromatic carbocycles. The Hall–Kier alpha value is -1.43. The average Bonchev–Trinajstić information content (AvgIpc) is 2.66. The van der Waals surface area contributed by atoms with E-state index in [2.05, 4.69) is 29.5 Å². The smallest absolute Gasteiger partial charge is 0.422 e. The molecule has 0 atom stereocenters. The number of hydrogen-bond acceptors (Lipinski definition) is 4. The van der Waals surface area contributed by atoms with E-state index in [1.165, 1.54) is 13.2 Å². The van der Waals surface area contributed by atoms with Gasteiger partial charge < -0.3 is 24.8 Å². The van der Waals surface area contributed by atoms with Gasteiger partial charge in [-0.1, -0.05) is 19.9 Å². The number of hydrogen-bond donors (Lipinski definition) is 2. The Morgan fingerprint density at radius 1 is 1.17 bits per heavy atom. The van der Waals surface area contributed by atoms with Gasteiger partial charge in [0.1, 0.15) is 0 Å². The summed E-state index contributed by atoms with van der Waals surface area (Å²) in [4.78, 5) is 4.50. The molecule has 30 heavy (non-hydrogen) atoms. The molecule has 0 bridgehead atoms. The Bertz CT molecular complexity index is 629. The van der Waals surface area contributed by atoms with Gasteiger partial charge in [-0.25, -0.2) is 4.99 Å². The van der Waals surface area contributed by atoms with Gasteiger partial charge in [-0.2, -0.15) is 13.2 Å². The first-order valence-corrected chi connectivity index (χ1v) is 9.71. The highest BCUT2D eigenvalue weighted by Crippen LogP contribution is 2.30. The second-order valence-electron chi connectivity index (χ2n) is 6.83. The summed E-state index contributed by atoms with van der Waals surface area (Å²) in [7, 11) is 1.38. The number of nitrogens with one attached hydrogen (secondary N) is 2. The Balaban J connectivity index is 0.00000841. The zero-order chi connectivity index (χ0) is 21.7. The highest BCUT2D eigenvalue weighted by Gasteiger charge is 2.29. The van der Waals surface area contributed by atoms with Crippen LogP contribution in [0.2, 0.25) is 0 Å². The molecule has 2 N–H and O–H groups in total. The van der Waals surface area contributed by atoms with Crippen molar-refractivity contribution in [2.45, 2.75) is 39.9 Å². The van der Waals surface area contributed by atoms with Crippen molar-refractivity contribution in [2.75, 3.05) is 40.0 Å². The van der Waals surface area contributed by atoms with Crippen molar-refractivity contribution in [3.05, 3.63) is 23.8 Å². The zero-order valence-electron chi connectivity index (χ0n) is 18.0. The number of guanidine groups is 1. The molecule has 0 spiro atoms. The molecular formula is C20H33F3IN3O3. The van der Waals surface area contributed by atoms with Crippen LogP contribution in [0.5, 0.6) is 11.5 Å². The number of nitrogens with zero attached hydrogens (tertiary/aromatic N) is 1. The summed E-state index contributed by atoms with van der Waals surface area (Å²) in [6.07, 6.45) is -3.55. The minimum atomic E-state index is -4.40. The van der Waals surface area contributed by atoms with Crippen molar-refractivity contribution in [3.8, 4) is 11.5 Å². The highest BCUT2D eigenvalue weighted by molar-refractivity contribution is 14.0. The molecule has 0 aromatic heterocycles. The van der Waals surface area contributed by atoms with E-state index in [-0.39, 0.29) is 35.5 Å². The van der Waals surface area contributed by atoms with E-state index in [1.54, 1.807) is 12.1 Å². The maximum atomic E-state index is 12.3. The lowest BCUT2D eigenvalue weighted by molar-refractivity contribution is -0.153. The summed E-state index contributed by atoms with van der Waals surface area (Å²) in [5.74, 6) is 1.46. The van der Waals surface area contributed by atoms with Gasteiger partial charge in [-0.3, -0.25) is 0 Å². The molecule has 0 fully saturated rings. The fraction of sp³-hybridized carbons (Fsp3) is 0.650. The lowest BCUT2D eigenvalue weighted by Crippen LogP contribution is -2.38. The highest BCUT2D eigenvalue weighted by atomic mass is 127. The van der Waals surface area contributed by atoms with Crippen LogP contribution in [0, 0.1) is 5.92 Å². The molecule has 0 saturated heterocycles. The van der Waals surface area contributed by atoms with Gasteiger partial charge in [-0.05, 0) is 37.0 Å². The number of alkyl halides is 3. The second kappa shape index (κ2) is 15.4. The number of methoxy groups -OCH3 is 1. The van der Waals surface area contributed by atoms with Gasteiger partial charge in [0.2, 0.25) is 0 Å². The van der Waals surface area contributed by atoms with E-state index in [0.29, 0.717) is 31.6 Å². The van der Waals surface area contributed by atoms with Crippen molar-refractivity contribution < 1.29 is 27.4 Å². The lowest BCUT2D eigenvalue weighted by atomic mass is 10.2. The maximum Gasteiger partial charge on any atom is 0.422 e. The number of aliphatic imine (C=N–C) groups is 1. The van der Waals surface area contributed by atoms with E-state index >= 15 is 0 Å². The molecule has 1 rings (SSSR count). The molecule has 10 heteroatoms. The molecule has 0 radical (unpaired) electrons. The molecule has 0 aliphatic rings. The molecular weight excluding hydrogens is 514 g/mol. The summed E-state index contributed by atoms with van der Waals surface area (Å²) in [6.45, 7) is 8.03. The third-order valence-electron chi connectivity index (χ3n) is 3.59. The third-order valence-corrected chi connectivity index (χ3v) is 3.59. The molecule has 0 aliphatic heterocycles. The maximum absolute atomic E-state index is 12.3. The van der Waals surface area contributed by atoms with Gasteiger partial charge >= 0.3 is 6.18 Å². The Morgan fingerprint density at radius 2 is 1.90 bits per heavy atom. The van der Waals surface area contributed by atoms with Gasteiger partial charge in [-0.15, -0.1) is 24.0 Å². The van der Waals surface area contributed by atoms with E-state index in [1.807, 2.05) is 6.92 Å². The van der Waals surface area contributed by atoms with Crippen LogP contribution >= 0.6 is 24.0 Å². The minimum Gasteiger partial charge on any atom is -0.493 e. The first-order chi connectivity index (χ1) is 13.7. The number of benzene rings is 1. The molecule has 6 nitrogen and oxygen atoms in total. The third kappa shape index (κ3) is 13.0. The number of ether oxygens (including phenoxy) is 3. The molecule has 0 aliphatic carbocycles. The van der Waals surface area contributed by atoms with E-state index in [4.69, 9.17) is 14.2 Å². The predicted octanol–water partition coefficient (Wildman–Crippen LogP) is 4.37. The van der Waals surface area contributed by atoms with E-state index in [9.17, 15) is 13.2 Å². The van der Waals surface area contributed by atoms with Crippen LogP contribution in [0.1, 0.15) is 32.8 Å². The van der Waals surface area contributed by atoms with Crippen LogP contribution in [0.25, 0.3) is 0 Å². The van der Waals surface area contributed by atoms with Gasteiger partial charge in [0.25, 0.3) is 0 Å². The summed E-state index contributed by atoms with van der Waals surface area (Å²) in [6, 6.07) is 4.75. The van der Waals surface area contributed by atoms with Crippen LogP contribution in [0.3, 0.4) is 0 Å². The van der Waals surface area contributed by atoms with Crippen molar-refractivity contribution >= 4 is 29.9 Å². The Kier molecular flexibility index (Phi) is 14.7. The van der Waals surface area contributed by atoms with Crippen molar-refractivity contribution in [1.29, 1.82) is 0 Å². The molecule has 0 amide bonds. The Morgan fingerprint density at radius 3 is 2.50 bits per heavy atom. The monoisotopic (exact) mass is 547 g/mol. The SMILES string of the molecule is CCNC(=NCc1ccc(OCC(F)(F)F)c(OC)c1)NCCCOCC(C)C.I. The summed E-state index contributed by atoms with van der Waals surface area (Å²) < 4.78 is 52.5. The summed E-state index contributed by atoms with van der Waals surface area (Å²) in [5.41, 5.74) is 0.790. The van der Waals surface area contributed by atoms with Crippen molar-refractivity contribution in [1.82, 2.24) is 10.6 Å². The molecule has 174 valence electrons. The summed E-state index contributed by atoms with van der Waals surface area (Å²) in [5, 5.41) is 6.39. The second-order valence-corrected chi connectivity index (χ2v) is 6.83. The first-order valence-electron chi connectivity index (χ1n) is 9.71. The number of rotatable bonds is 12. The molecule has 0 heterocycles. The van der Waals surface area contributed by atoms with Crippen molar-refractivity contribution in [3.63, 3.8) is 0 Å². The van der Waals surface area contributed by atoms with E-state index < -0.39 is 12.8 Å². The van der Waals surface area contributed by atoms with Gasteiger partial charge in [0.15, 0.2) is 24.1 Å². The minimum absolute atomic E-state index is 0. The Labute approximate surface area is 194 Å². The normalized spacial score (nSPS) is 11.8. The zero-order valence-corrected chi connectivity index (χ0v) is 20.3. The van der Waals surface area contributed by atoms with Crippen LogP contribution in [-0.2, 0) is 11.3 Å². The number of halogens is 4. The van der Waals surface area contributed by atoms with Gasteiger partial charge in [0.05, 0.1) is 13.7 Å². The quantitative estimate of drug-likeness (QED) is 0.176. The first kappa shape index (κ1) is 28.6. The topological polar surface area (TPSA) is 64.1 Å². The standard InChI is InChI=1S/C20H32F3N3O3.HI/c1-5-24-19(25-9-6-10-28-13-15(2)3)26-12-16-7-8-17(18(11-16)27-4)29-14-20(21,22)23;/h7-8,11,15H,5-6,9-10,12-14H2,1-4H3,(H2,24,25,26);1H. The van der Waals surface area contributed by atoms with Crippen LogP contribution in [-0.4, -0.2) is 52.2 Å². The molecule has 0 unspecified atom stereocenters. The van der Waals surface area contributed by atoms with Crippen LogP contribution < -0.4 is 20.1 Å². The largest absolute Gasteiger partial charge is 0.493 e. The van der Waals surface area contributed by atoms with Crippen LogP contribution in [0.4, 0.5) is 13.2 Å². The predicted molar refractivity (Wildman–Crippen MR) is 123 cm³/mol. The molecule has 0 saturated carbocycles. The fourth-order valence-corrected chi connectivity index (χ4v) is 2.30. The fourth-order valence-electron chi connectivity index (χ4n) is 2.30. The van der Waals surface area contributed by atoms with Crippen molar-refractivity contribution in [2.24, 2.45) is 10.9 Å².